The number of benzene rings is 1. The number of halogens is 1. The van der Waals surface area contributed by atoms with Crippen LogP contribution in [0.25, 0.3) is 0 Å². The molecule has 0 saturated carbocycles. The number of nitrogens with zero attached hydrogens (tertiary/aromatic N) is 3. The summed E-state index contributed by atoms with van der Waals surface area (Å²) in [5.41, 5.74) is 1.15. The first-order valence-corrected chi connectivity index (χ1v) is 8.86. The van der Waals surface area contributed by atoms with Crippen molar-refractivity contribution in [2.75, 3.05) is 6.54 Å². The Morgan fingerprint density at radius 3 is 2.65 bits per heavy atom. The van der Waals surface area contributed by atoms with E-state index in [2.05, 4.69) is 10.1 Å². The number of hydrogen-bond acceptors (Lipinski definition) is 5. The Morgan fingerprint density at radius 2 is 2.09 bits per heavy atom. The minimum absolute atomic E-state index is 0.0777. The van der Waals surface area contributed by atoms with Gasteiger partial charge in [-0.3, -0.25) is 4.79 Å². The minimum atomic E-state index is -0.140. The Labute approximate surface area is 145 Å². The van der Waals surface area contributed by atoms with E-state index in [1.807, 2.05) is 38.1 Å². The molecule has 0 bridgehead atoms. The van der Waals surface area contributed by atoms with Crippen LogP contribution in [-0.4, -0.2) is 32.7 Å². The van der Waals surface area contributed by atoms with Crippen molar-refractivity contribution in [3.05, 3.63) is 46.6 Å². The van der Waals surface area contributed by atoms with Gasteiger partial charge in [-0.25, -0.2) is 0 Å². The lowest BCUT2D eigenvalue weighted by atomic mass is 10.2. The third-order valence-electron chi connectivity index (χ3n) is 3.36. The van der Waals surface area contributed by atoms with Crippen molar-refractivity contribution in [2.45, 2.75) is 38.3 Å². The van der Waals surface area contributed by atoms with Crippen molar-refractivity contribution in [3.8, 4) is 0 Å². The molecule has 1 aromatic heterocycles. The van der Waals surface area contributed by atoms with Crippen LogP contribution in [0.2, 0.25) is 5.02 Å². The average molecular weight is 354 g/mol. The van der Waals surface area contributed by atoms with Crippen LogP contribution < -0.4 is 0 Å². The molecular weight excluding hydrogens is 334 g/mol. The highest BCUT2D eigenvalue weighted by atomic mass is 35.5. The quantitative estimate of drug-likeness (QED) is 0.759. The third-order valence-corrected chi connectivity index (χ3v) is 4.81. The number of thioether (sulfide) groups is 1. The molecule has 5 nitrogen and oxygen atoms in total. The predicted molar refractivity (Wildman–Crippen MR) is 92.3 cm³/mol. The fraction of sp³-hybridized carbons (Fsp3) is 0.438. The highest BCUT2D eigenvalue weighted by molar-refractivity contribution is 7.99. The summed E-state index contributed by atoms with van der Waals surface area (Å²) in [5, 5.41) is 4.43. The number of carbonyl (C=O) groups is 1. The second-order valence-corrected chi connectivity index (χ2v) is 6.93. The van der Waals surface area contributed by atoms with Crippen molar-refractivity contribution in [3.63, 3.8) is 0 Å². The molecular formula is C16H20ClN3O2S. The lowest BCUT2D eigenvalue weighted by Crippen LogP contribution is -2.36. The van der Waals surface area contributed by atoms with Gasteiger partial charge in [-0.2, -0.15) is 4.98 Å². The number of rotatable bonds is 7. The van der Waals surface area contributed by atoms with Gasteiger partial charge in [-0.15, -0.1) is 11.8 Å². The first-order valence-electron chi connectivity index (χ1n) is 7.43. The van der Waals surface area contributed by atoms with Crippen LogP contribution in [0.3, 0.4) is 0 Å². The predicted octanol–water partition coefficient (Wildman–Crippen LogP) is 3.70. The van der Waals surface area contributed by atoms with Gasteiger partial charge in [0.15, 0.2) is 5.82 Å². The molecule has 124 valence electrons. The molecule has 0 fully saturated rings. The highest BCUT2D eigenvalue weighted by Crippen LogP contribution is 2.21. The summed E-state index contributed by atoms with van der Waals surface area (Å²) in [7, 11) is 0. The van der Waals surface area contributed by atoms with Crippen LogP contribution in [0.4, 0.5) is 0 Å². The molecule has 2 rings (SSSR count). The molecule has 0 aliphatic rings. The van der Waals surface area contributed by atoms with Crippen LogP contribution in [0, 0.1) is 6.92 Å². The van der Waals surface area contributed by atoms with Gasteiger partial charge in [0.05, 0.1) is 11.8 Å². The van der Waals surface area contributed by atoms with Gasteiger partial charge in [0.2, 0.25) is 11.8 Å². The molecule has 0 radical (unpaired) electrons. The zero-order chi connectivity index (χ0) is 16.8. The van der Waals surface area contributed by atoms with Gasteiger partial charge in [0, 0.05) is 24.2 Å². The molecule has 1 atom stereocenters. The smallest absolute Gasteiger partial charge is 0.235 e. The normalized spacial score (nSPS) is 12.2. The number of aromatic nitrogens is 2. The Kier molecular flexibility index (Phi) is 6.47. The molecule has 0 spiro atoms. The average Bonchev–Trinajstić information content (AvgIpc) is 2.96. The highest BCUT2D eigenvalue weighted by Gasteiger charge is 2.21. The van der Waals surface area contributed by atoms with Crippen LogP contribution in [0.5, 0.6) is 0 Å². The summed E-state index contributed by atoms with van der Waals surface area (Å²) in [6.45, 7) is 6.59. The van der Waals surface area contributed by atoms with E-state index in [1.165, 1.54) is 0 Å². The third kappa shape index (κ3) is 5.25. The largest absolute Gasteiger partial charge is 0.340 e. The maximum Gasteiger partial charge on any atom is 0.235 e. The van der Waals surface area contributed by atoms with E-state index >= 15 is 0 Å². The number of aryl methyl sites for hydroxylation is 1. The van der Waals surface area contributed by atoms with Crippen LogP contribution in [0.15, 0.2) is 28.8 Å². The van der Waals surface area contributed by atoms with E-state index in [1.54, 1.807) is 23.6 Å². The van der Waals surface area contributed by atoms with Gasteiger partial charge in [0.25, 0.3) is 0 Å². The summed E-state index contributed by atoms with van der Waals surface area (Å²) in [6, 6.07) is 7.68. The van der Waals surface area contributed by atoms with Crippen molar-refractivity contribution >= 4 is 29.3 Å². The van der Waals surface area contributed by atoms with Gasteiger partial charge < -0.3 is 9.42 Å². The molecule has 7 heteroatoms. The Morgan fingerprint density at radius 1 is 1.39 bits per heavy atom. The Hall–Kier alpha value is -1.53. The molecule has 1 amide bonds. The second kappa shape index (κ2) is 8.36. The summed E-state index contributed by atoms with van der Waals surface area (Å²) >= 11 is 7.48. The molecule has 0 saturated heterocycles. The van der Waals surface area contributed by atoms with Crippen LogP contribution >= 0.6 is 23.4 Å². The van der Waals surface area contributed by atoms with E-state index in [-0.39, 0.29) is 11.2 Å². The number of hydrogen-bond donors (Lipinski definition) is 0. The fourth-order valence-electron chi connectivity index (χ4n) is 2.05. The molecule has 0 aliphatic heterocycles. The molecule has 0 aliphatic carbocycles. The maximum atomic E-state index is 12.6. The van der Waals surface area contributed by atoms with Crippen molar-refractivity contribution in [1.29, 1.82) is 0 Å². The summed E-state index contributed by atoms with van der Waals surface area (Å²) in [4.78, 5) is 18.4. The first-order chi connectivity index (χ1) is 11.0. The molecule has 23 heavy (non-hydrogen) atoms. The SMILES string of the molecule is CCN(Cc1noc(C)n1)C(=O)[C@H](C)SCc1ccc(Cl)cc1. The number of amides is 1. The standard InChI is InChI=1S/C16H20ClN3O2S/c1-4-20(9-15-18-12(3)22-19-15)16(21)11(2)23-10-13-5-7-14(17)8-6-13/h5-8,11H,4,9-10H2,1-3H3/t11-/m0/s1. The summed E-state index contributed by atoms with van der Waals surface area (Å²) < 4.78 is 4.95. The zero-order valence-electron chi connectivity index (χ0n) is 13.5. The summed E-state index contributed by atoms with van der Waals surface area (Å²) in [6.07, 6.45) is 0. The number of carbonyl (C=O) groups excluding carboxylic acids is 1. The molecule has 2 aromatic rings. The van der Waals surface area contributed by atoms with Gasteiger partial charge in [0.1, 0.15) is 0 Å². The molecule has 0 N–H and O–H groups in total. The van der Waals surface area contributed by atoms with Gasteiger partial charge in [-0.1, -0.05) is 28.9 Å². The van der Waals surface area contributed by atoms with E-state index in [9.17, 15) is 4.79 Å². The second-order valence-electron chi connectivity index (χ2n) is 5.16. The van der Waals surface area contributed by atoms with Gasteiger partial charge in [-0.05, 0) is 31.5 Å². The lowest BCUT2D eigenvalue weighted by Gasteiger charge is -2.22. The Balaban J connectivity index is 1.89. The maximum absolute atomic E-state index is 12.6. The molecule has 1 aromatic carbocycles. The van der Waals surface area contributed by atoms with Crippen LogP contribution in [-0.2, 0) is 17.1 Å². The first kappa shape index (κ1) is 17.8. The fourth-order valence-corrected chi connectivity index (χ4v) is 3.10. The monoisotopic (exact) mass is 353 g/mol. The van der Waals surface area contributed by atoms with E-state index < -0.39 is 0 Å². The molecule has 1 heterocycles. The van der Waals surface area contributed by atoms with E-state index in [0.717, 1.165) is 16.3 Å². The van der Waals surface area contributed by atoms with Crippen LogP contribution in [0.1, 0.15) is 31.1 Å². The van der Waals surface area contributed by atoms with Crippen molar-refractivity contribution in [1.82, 2.24) is 15.0 Å². The van der Waals surface area contributed by atoms with Crippen molar-refractivity contribution < 1.29 is 9.32 Å². The van der Waals surface area contributed by atoms with Gasteiger partial charge >= 0.3 is 0 Å². The summed E-state index contributed by atoms with van der Waals surface area (Å²) in [5.74, 6) is 1.89. The zero-order valence-corrected chi connectivity index (χ0v) is 15.0. The molecule has 0 unspecified atom stereocenters. The topological polar surface area (TPSA) is 59.2 Å². The van der Waals surface area contributed by atoms with E-state index in [0.29, 0.717) is 24.8 Å². The Bertz CT molecular complexity index is 645. The van der Waals surface area contributed by atoms with Crippen molar-refractivity contribution in [2.24, 2.45) is 0 Å². The van der Waals surface area contributed by atoms with E-state index in [4.69, 9.17) is 16.1 Å². The lowest BCUT2D eigenvalue weighted by molar-refractivity contribution is -0.130. The minimum Gasteiger partial charge on any atom is -0.340 e.